The van der Waals surface area contributed by atoms with Crippen molar-refractivity contribution in [1.29, 1.82) is 0 Å². The second-order valence-electron chi connectivity index (χ2n) is 6.75. The van der Waals surface area contributed by atoms with E-state index >= 15 is 0 Å². The minimum Gasteiger partial charge on any atom is -0.321 e. The van der Waals surface area contributed by atoms with Gasteiger partial charge in [0.2, 0.25) is 0 Å². The van der Waals surface area contributed by atoms with Crippen LogP contribution in [0.4, 0.5) is 0 Å². The quantitative estimate of drug-likeness (QED) is 0.599. The third-order valence-corrected chi connectivity index (χ3v) is 5.67. The molecular weight excluding hydrogens is 344 g/mol. The van der Waals surface area contributed by atoms with Crippen molar-refractivity contribution in [3.8, 4) is 0 Å². The summed E-state index contributed by atoms with van der Waals surface area (Å²) >= 11 is 1.39. The van der Waals surface area contributed by atoms with Crippen molar-refractivity contribution in [1.82, 2.24) is 14.5 Å². The smallest absolute Gasteiger partial charge is 0.271 e. The van der Waals surface area contributed by atoms with Crippen molar-refractivity contribution in [3.05, 3.63) is 70.4 Å². The molecule has 3 heterocycles. The molecular formula is C20H20N4OS. The van der Waals surface area contributed by atoms with E-state index in [4.69, 9.17) is 10.7 Å². The number of rotatable bonds is 4. The van der Waals surface area contributed by atoms with Gasteiger partial charge in [-0.05, 0) is 23.6 Å². The van der Waals surface area contributed by atoms with Gasteiger partial charge in [0.15, 0.2) is 0 Å². The normalized spacial score (nSPS) is 12.9. The standard InChI is InChI=1S/C20H20N4OS/c1-12(2)15(21)18-23-16-14-9-6-10-22-19(14)26-17(16)20(25)24(18)11-13-7-4-3-5-8-13/h3-10,12,15H,11,21H2,1-2H3. The summed E-state index contributed by atoms with van der Waals surface area (Å²) in [6.07, 6.45) is 1.74. The molecule has 0 amide bonds. The molecule has 5 nitrogen and oxygen atoms in total. The first-order valence-electron chi connectivity index (χ1n) is 8.63. The number of pyridine rings is 1. The highest BCUT2D eigenvalue weighted by Gasteiger charge is 2.22. The Morgan fingerprint density at radius 2 is 1.92 bits per heavy atom. The van der Waals surface area contributed by atoms with Crippen molar-refractivity contribution >= 4 is 31.8 Å². The average Bonchev–Trinajstić information content (AvgIpc) is 3.03. The van der Waals surface area contributed by atoms with E-state index in [2.05, 4.69) is 4.98 Å². The molecule has 4 aromatic rings. The van der Waals surface area contributed by atoms with Gasteiger partial charge >= 0.3 is 0 Å². The Morgan fingerprint density at radius 3 is 2.65 bits per heavy atom. The van der Waals surface area contributed by atoms with Gasteiger partial charge in [-0.15, -0.1) is 11.3 Å². The van der Waals surface area contributed by atoms with Crippen molar-refractivity contribution < 1.29 is 0 Å². The Hall–Kier alpha value is -2.57. The first kappa shape index (κ1) is 16.9. The summed E-state index contributed by atoms with van der Waals surface area (Å²) in [6, 6.07) is 13.4. The highest BCUT2D eigenvalue weighted by atomic mass is 32.1. The molecule has 3 aromatic heterocycles. The van der Waals surface area contributed by atoms with Crippen molar-refractivity contribution in [2.75, 3.05) is 0 Å². The van der Waals surface area contributed by atoms with E-state index in [0.29, 0.717) is 22.6 Å². The molecule has 1 atom stereocenters. The van der Waals surface area contributed by atoms with Crippen molar-refractivity contribution in [2.24, 2.45) is 11.7 Å². The van der Waals surface area contributed by atoms with E-state index in [1.54, 1.807) is 10.8 Å². The fraction of sp³-hybridized carbons (Fsp3) is 0.250. The Bertz CT molecular complexity index is 1130. The molecule has 0 fully saturated rings. The van der Waals surface area contributed by atoms with Gasteiger partial charge < -0.3 is 5.73 Å². The molecule has 0 aliphatic rings. The Kier molecular flexibility index (Phi) is 4.30. The molecule has 0 radical (unpaired) electrons. The van der Waals surface area contributed by atoms with Gasteiger partial charge in [-0.3, -0.25) is 9.36 Å². The van der Waals surface area contributed by atoms with Crippen LogP contribution in [0.1, 0.15) is 31.3 Å². The summed E-state index contributed by atoms with van der Waals surface area (Å²) in [6.45, 7) is 4.54. The van der Waals surface area contributed by atoms with Crippen molar-refractivity contribution in [3.63, 3.8) is 0 Å². The van der Waals surface area contributed by atoms with E-state index in [-0.39, 0.29) is 17.5 Å². The largest absolute Gasteiger partial charge is 0.321 e. The lowest BCUT2D eigenvalue weighted by Gasteiger charge is -2.20. The van der Waals surface area contributed by atoms with Gasteiger partial charge in [-0.25, -0.2) is 9.97 Å². The third kappa shape index (κ3) is 2.81. The van der Waals surface area contributed by atoms with E-state index in [1.165, 1.54) is 11.3 Å². The van der Waals surface area contributed by atoms with Crippen LogP contribution >= 0.6 is 11.3 Å². The van der Waals surface area contributed by atoms with Crippen LogP contribution in [0.3, 0.4) is 0 Å². The second-order valence-corrected chi connectivity index (χ2v) is 7.75. The number of nitrogens with zero attached hydrogens (tertiary/aromatic N) is 3. The molecule has 0 spiro atoms. The number of hydrogen-bond acceptors (Lipinski definition) is 5. The summed E-state index contributed by atoms with van der Waals surface area (Å²) in [5.41, 5.74) is 8.14. The summed E-state index contributed by atoms with van der Waals surface area (Å²) < 4.78 is 2.35. The molecule has 1 unspecified atom stereocenters. The van der Waals surface area contributed by atoms with E-state index in [0.717, 1.165) is 15.8 Å². The number of aromatic nitrogens is 3. The summed E-state index contributed by atoms with van der Waals surface area (Å²) in [7, 11) is 0. The molecule has 26 heavy (non-hydrogen) atoms. The molecule has 1 aromatic carbocycles. The first-order chi connectivity index (χ1) is 12.6. The minimum atomic E-state index is -0.317. The van der Waals surface area contributed by atoms with Crippen LogP contribution in [0, 0.1) is 5.92 Å². The first-order valence-corrected chi connectivity index (χ1v) is 9.45. The van der Waals surface area contributed by atoms with Crippen LogP contribution in [0.5, 0.6) is 0 Å². The monoisotopic (exact) mass is 364 g/mol. The fourth-order valence-electron chi connectivity index (χ4n) is 3.05. The molecule has 4 rings (SSSR count). The number of nitrogens with two attached hydrogens (primary N) is 1. The van der Waals surface area contributed by atoms with Crippen LogP contribution in [0.25, 0.3) is 20.4 Å². The average molecular weight is 364 g/mol. The topological polar surface area (TPSA) is 73.8 Å². The van der Waals surface area contributed by atoms with Gasteiger partial charge in [0.05, 0.1) is 18.1 Å². The van der Waals surface area contributed by atoms with Gasteiger partial charge in [0.25, 0.3) is 5.56 Å². The van der Waals surface area contributed by atoms with Crippen molar-refractivity contribution in [2.45, 2.75) is 26.4 Å². The highest BCUT2D eigenvalue weighted by Crippen LogP contribution is 2.30. The molecule has 0 saturated carbocycles. The third-order valence-electron chi connectivity index (χ3n) is 4.58. The van der Waals surface area contributed by atoms with Gasteiger partial charge in [0.1, 0.15) is 15.4 Å². The Labute approximate surface area is 155 Å². The highest BCUT2D eigenvalue weighted by molar-refractivity contribution is 7.25. The van der Waals surface area contributed by atoms with Gasteiger partial charge in [0, 0.05) is 11.6 Å². The molecule has 2 N–H and O–H groups in total. The molecule has 0 bridgehead atoms. The number of benzene rings is 1. The van der Waals surface area contributed by atoms with Gasteiger partial charge in [-0.2, -0.15) is 0 Å². The number of thiophene rings is 1. The minimum absolute atomic E-state index is 0.0482. The predicted octanol–water partition coefficient (Wildman–Crippen LogP) is 3.71. The number of fused-ring (bicyclic) bond motifs is 3. The zero-order valence-corrected chi connectivity index (χ0v) is 15.5. The van der Waals surface area contributed by atoms with E-state index in [9.17, 15) is 4.79 Å². The Balaban J connectivity index is 2.01. The Morgan fingerprint density at radius 1 is 1.15 bits per heavy atom. The fourth-order valence-corrected chi connectivity index (χ4v) is 4.08. The zero-order valence-electron chi connectivity index (χ0n) is 14.7. The summed E-state index contributed by atoms with van der Waals surface area (Å²) in [5.74, 6) is 0.800. The lowest BCUT2D eigenvalue weighted by molar-refractivity contribution is 0.464. The molecule has 0 saturated heterocycles. The van der Waals surface area contributed by atoms with Crippen LogP contribution in [-0.4, -0.2) is 14.5 Å². The van der Waals surface area contributed by atoms with Crippen LogP contribution < -0.4 is 11.3 Å². The second kappa shape index (κ2) is 6.63. The van der Waals surface area contributed by atoms with Crippen LogP contribution in [0.2, 0.25) is 0 Å². The zero-order chi connectivity index (χ0) is 18.3. The number of hydrogen-bond donors (Lipinski definition) is 1. The maximum Gasteiger partial charge on any atom is 0.271 e. The van der Waals surface area contributed by atoms with E-state index in [1.807, 2.05) is 56.3 Å². The maximum absolute atomic E-state index is 13.3. The van der Waals surface area contributed by atoms with Crippen LogP contribution in [0.15, 0.2) is 53.5 Å². The van der Waals surface area contributed by atoms with Gasteiger partial charge in [-0.1, -0.05) is 44.2 Å². The molecule has 0 aliphatic carbocycles. The SMILES string of the molecule is CC(C)C(N)c1nc2c(sc3ncccc32)c(=O)n1Cc1ccccc1. The molecule has 6 heteroatoms. The summed E-state index contributed by atoms with van der Waals surface area (Å²) in [5, 5.41) is 0.911. The maximum atomic E-state index is 13.3. The van der Waals surface area contributed by atoms with Crippen LogP contribution in [-0.2, 0) is 6.54 Å². The lowest BCUT2D eigenvalue weighted by atomic mass is 10.0. The molecule has 0 aliphatic heterocycles. The lowest BCUT2D eigenvalue weighted by Crippen LogP contribution is -2.31. The molecule has 132 valence electrons. The predicted molar refractivity (Wildman–Crippen MR) is 106 cm³/mol. The van der Waals surface area contributed by atoms with E-state index < -0.39 is 0 Å². The summed E-state index contributed by atoms with van der Waals surface area (Å²) in [4.78, 5) is 23.4.